The Bertz CT molecular complexity index is 1570. The van der Waals surface area contributed by atoms with Crippen molar-refractivity contribution in [1.82, 2.24) is 20.5 Å². The minimum atomic E-state index is -0.448. The number of allylic oxidation sites excluding steroid dienone is 1. The summed E-state index contributed by atoms with van der Waals surface area (Å²) in [7, 11) is 0. The van der Waals surface area contributed by atoms with E-state index < -0.39 is 11.8 Å². The Balaban J connectivity index is 1.34. The molecular weight excluding hydrogens is 531 g/mol. The average Bonchev–Trinajstić information content (AvgIpc) is 3.61. The largest absolute Gasteiger partial charge is 0.350 e. The molecule has 2 saturated carbocycles. The van der Waals surface area contributed by atoms with Crippen LogP contribution < -0.4 is 11.1 Å². The topological polar surface area (TPSA) is 126 Å². The van der Waals surface area contributed by atoms with Crippen LogP contribution in [0.25, 0.3) is 17.2 Å². The molecule has 2 atom stereocenters. The van der Waals surface area contributed by atoms with Crippen molar-refractivity contribution >= 4 is 29.3 Å². The van der Waals surface area contributed by atoms with Crippen LogP contribution in [0.4, 0.5) is 10.2 Å². The van der Waals surface area contributed by atoms with Crippen molar-refractivity contribution in [3.05, 3.63) is 71.4 Å². The number of fused-ring (bicyclic) bond motifs is 2. The zero-order valence-electron chi connectivity index (χ0n) is 24.1. The van der Waals surface area contributed by atoms with Crippen molar-refractivity contribution < 1.29 is 14.0 Å². The molecular formula is C33H37FN6O2. The fourth-order valence-corrected chi connectivity index (χ4v) is 6.67. The molecule has 1 spiro atoms. The second kappa shape index (κ2) is 11.0. The van der Waals surface area contributed by atoms with Gasteiger partial charge < -0.3 is 11.1 Å². The first-order valence-corrected chi connectivity index (χ1v) is 14.7. The Morgan fingerprint density at radius 2 is 2.00 bits per heavy atom. The number of H-pyrrole nitrogens is 1. The number of aromatic amines is 1. The Hall–Kier alpha value is -3.98. The fourth-order valence-electron chi connectivity index (χ4n) is 6.67. The lowest BCUT2D eigenvalue weighted by Crippen LogP contribution is -2.43. The summed E-state index contributed by atoms with van der Waals surface area (Å²) in [5.41, 5.74) is 9.66. The van der Waals surface area contributed by atoms with Gasteiger partial charge in [0.05, 0.1) is 11.6 Å². The summed E-state index contributed by atoms with van der Waals surface area (Å²) in [6, 6.07) is 10.2. The highest BCUT2D eigenvalue weighted by Crippen LogP contribution is 2.53. The number of hydrogen-bond donors (Lipinski definition) is 3. The number of halogens is 1. The number of aromatic nitrogens is 3. The van der Waals surface area contributed by atoms with E-state index in [1.54, 1.807) is 12.3 Å². The smallest absolute Gasteiger partial charge is 0.269 e. The standard InChI is InChI=1S/C33H37FN6O2/c1-32(2,18-35)19-37-31(42)29-28-24(11-10-23-9-8-21(17-36-23)20-6-5-7-22(34)14-20)27-25(38-30(28)40-39-29)15-33(16-26(27)41)12-3-4-13-33/h5-11,14,17,24,27H,3-4,12-13,15-16,18-19,35H2,1-2H3,(H,37,42)(H,39,40)/b11-10+. The number of carbonyl (C=O) groups excluding carboxylic acids is 2. The Labute approximate surface area is 245 Å². The van der Waals surface area contributed by atoms with Gasteiger partial charge in [0.1, 0.15) is 17.3 Å². The maximum atomic E-state index is 13.8. The van der Waals surface area contributed by atoms with Gasteiger partial charge >= 0.3 is 0 Å². The molecule has 1 aliphatic heterocycles. The van der Waals surface area contributed by atoms with Gasteiger partial charge in [0.15, 0.2) is 5.82 Å². The summed E-state index contributed by atoms with van der Waals surface area (Å²) in [4.78, 5) is 36.7. The third-order valence-corrected chi connectivity index (χ3v) is 9.13. The molecule has 3 aliphatic rings. The molecule has 0 bridgehead atoms. The number of nitrogens with zero attached hydrogens (tertiary/aromatic N) is 3. The van der Waals surface area contributed by atoms with Gasteiger partial charge in [-0.05, 0) is 66.5 Å². The molecule has 1 aromatic carbocycles. The zero-order chi connectivity index (χ0) is 29.5. The molecule has 2 aliphatic carbocycles. The monoisotopic (exact) mass is 568 g/mol. The Morgan fingerprint density at radius 1 is 1.19 bits per heavy atom. The van der Waals surface area contributed by atoms with Crippen molar-refractivity contribution in [3.8, 4) is 11.1 Å². The van der Waals surface area contributed by atoms with E-state index in [-0.39, 0.29) is 28.3 Å². The number of amides is 1. The molecule has 3 heterocycles. The molecule has 0 radical (unpaired) electrons. The summed E-state index contributed by atoms with van der Waals surface area (Å²) in [6.07, 6.45) is 11.3. The maximum absolute atomic E-state index is 13.8. The van der Waals surface area contributed by atoms with E-state index in [0.29, 0.717) is 42.3 Å². The number of rotatable bonds is 7. The summed E-state index contributed by atoms with van der Waals surface area (Å²) in [5.74, 6) is -0.813. The predicted octanol–water partition coefficient (Wildman–Crippen LogP) is 5.75. The molecule has 8 nitrogen and oxygen atoms in total. The minimum absolute atomic E-state index is 0.00317. The number of pyridine rings is 1. The van der Waals surface area contributed by atoms with Crippen LogP contribution in [0.5, 0.6) is 0 Å². The highest BCUT2D eigenvalue weighted by molar-refractivity contribution is 6.11. The highest BCUT2D eigenvalue weighted by atomic mass is 19.1. The summed E-state index contributed by atoms with van der Waals surface area (Å²) < 4.78 is 13.7. The predicted molar refractivity (Wildman–Crippen MR) is 161 cm³/mol. The Morgan fingerprint density at radius 3 is 2.71 bits per heavy atom. The molecule has 9 heteroatoms. The lowest BCUT2D eigenvalue weighted by molar-refractivity contribution is -0.124. The number of nitrogens with one attached hydrogen (secondary N) is 2. The van der Waals surface area contributed by atoms with Gasteiger partial charge in [-0.25, -0.2) is 9.38 Å². The molecule has 6 rings (SSSR count). The number of Topliss-reactive ketones (excluding diaryl/α,β-unsaturated/α-hetero) is 1. The van der Waals surface area contributed by atoms with Crippen molar-refractivity contribution in [2.75, 3.05) is 13.1 Å². The molecule has 0 saturated heterocycles. The van der Waals surface area contributed by atoms with E-state index in [1.807, 2.05) is 44.2 Å². The normalized spacial score (nSPS) is 21.3. The van der Waals surface area contributed by atoms with E-state index in [2.05, 4.69) is 20.5 Å². The number of ketones is 1. The van der Waals surface area contributed by atoms with Crippen LogP contribution in [0.15, 0.2) is 53.7 Å². The van der Waals surface area contributed by atoms with Gasteiger partial charge in [0.2, 0.25) is 0 Å². The molecule has 2 fully saturated rings. The van der Waals surface area contributed by atoms with Crippen LogP contribution >= 0.6 is 0 Å². The minimum Gasteiger partial charge on any atom is -0.350 e. The van der Waals surface area contributed by atoms with Gasteiger partial charge in [-0.15, -0.1) is 0 Å². The van der Waals surface area contributed by atoms with Crippen LogP contribution in [0.2, 0.25) is 0 Å². The van der Waals surface area contributed by atoms with E-state index in [4.69, 9.17) is 10.7 Å². The van der Waals surface area contributed by atoms with Crippen LogP contribution in [0.1, 0.15) is 80.0 Å². The first-order chi connectivity index (χ1) is 20.2. The summed E-state index contributed by atoms with van der Waals surface area (Å²) in [5, 5.41) is 10.3. The molecule has 2 aromatic heterocycles. The molecule has 1 amide bonds. The SMILES string of the molecule is CC(C)(CN)CNC(=O)c1[nH]nc2c1C(/C=C/c1ccc(-c3cccc(F)c3)cn1)C1C(=O)CC3(CCCC3)CC1=N2. The molecule has 2 unspecified atom stereocenters. The van der Waals surface area contributed by atoms with E-state index in [1.165, 1.54) is 12.1 Å². The first-order valence-electron chi connectivity index (χ1n) is 14.7. The third-order valence-electron chi connectivity index (χ3n) is 9.13. The number of carbonyl (C=O) groups is 2. The lowest BCUT2D eigenvalue weighted by Gasteiger charge is -2.41. The van der Waals surface area contributed by atoms with Gasteiger partial charge in [0.25, 0.3) is 5.91 Å². The van der Waals surface area contributed by atoms with Gasteiger partial charge in [-0.3, -0.25) is 19.7 Å². The van der Waals surface area contributed by atoms with Crippen molar-refractivity contribution in [2.45, 2.75) is 58.3 Å². The third kappa shape index (κ3) is 5.45. The maximum Gasteiger partial charge on any atom is 0.269 e. The highest BCUT2D eigenvalue weighted by Gasteiger charge is 2.50. The van der Waals surface area contributed by atoms with Gasteiger partial charge in [-0.2, -0.15) is 5.10 Å². The summed E-state index contributed by atoms with van der Waals surface area (Å²) >= 11 is 0. The molecule has 3 aromatic rings. The zero-order valence-corrected chi connectivity index (χ0v) is 24.1. The second-order valence-electron chi connectivity index (χ2n) is 12.9. The van der Waals surface area contributed by atoms with E-state index in [9.17, 15) is 14.0 Å². The number of hydrogen-bond acceptors (Lipinski definition) is 6. The molecule has 218 valence electrons. The van der Waals surface area contributed by atoms with E-state index >= 15 is 0 Å². The number of aliphatic imine (C=N–C) groups is 1. The number of benzene rings is 1. The quantitative estimate of drug-likeness (QED) is 0.335. The van der Waals surface area contributed by atoms with Crippen molar-refractivity contribution in [3.63, 3.8) is 0 Å². The summed E-state index contributed by atoms with van der Waals surface area (Å²) in [6.45, 7) is 4.81. The van der Waals surface area contributed by atoms with Crippen molar-refractivity contribution in [2.24, 2.45) is 27.5 Å². The van der Waals surface area contributed by atoms with Crippen LogP contribution in [-0.2, 0) is 4.79 Å². The van der Waals surface area contributed by atoms with Crippen LogP contribution in [-0.4, -0.2) is 45.7 Å². The Kier molecular flexibility index (Phi) is 7.39. The number of nitrogens with two attached hydrogens (primary N) is 1. The average molecular weight is 569 g/mol. The van der Waals surface area contributed by atoms with Crippen LogP contribution in [0, 0.1) is 22.6 Å². The molecule has 42 heavy (non-hydrogen) atoms. The van der Waals surface area contributed by atoms with Gasteiger partial charge in [0, 0.05) is 41.9 Å². The first kappa shape index (κ1) is 28.2. The van der Waals surface area contributed by atoms with Crippen molar-refractivity contribution in [1.29, 1.82) is 0 Å². The van der Waals surface area contributed by atoms with Crippen LogP contribution in [0.3, 0.4) is 0 Å². The van der Waals surface area contributed by atoms with E-state index in [0.717, 1.165) is 48.9 Å². The molecule has 4 N–H and O–H groups in total. The fraction of sp³-hybridized carbons (Fsp3) is 0.424. The second-order valence-corrected chi connectivity index (χ2v) is 12.9. The lowest BCUT2D eigenvalue weighted by atomic mass is 9.63. The van der Waals surface area contributed by atoms with Gasteiger partial charge in [-0.1, -0.05) is 51.0 Å².